The van der Waals surface area contributed by atoms with Crippen molar-refractivity contribution in [2.75, 3.05) is 5.75 Å². The summed E-state index contributed by atoms with van der Waals surface area (Å²) in [5.41, 5.74) is 2.94. The molecule has 1 aromatic carbocycles. The molecule has 0 saturated heterocycles. The molecular formula is C20H18FN5OS2. The summed E-state index contributed by atoms with van der Waals surface area (Å²) in [6.07, 6.45) is 1.63. The Morgan fingerprint density at radius 3 is 2.79 bits per heavy atom. The van der Waals surface area contributed by atoms with E-state index in [0.717, 1.165) is 27.1 Å². The standard InChI is InChI=1S/C20H18FN5OS2/c1-4-28-20-24-26-17(22)14(18(27)23-19(26)29-20)10-13-9-11(2)25(12(13)3)16-8-6-5-7-15(16)21/h5-10,22H,4H2,1-3H3/b14-10+,22-17?. The van der Waals surface area contributed by atoms with Crippen LogP contribution in [0.3, 0.4) is 0 Å². The van der Waals surface area contributed by atoms with Gasteiger partial charge in [-0.2, -0.15) is 10.0 Å². The number of amidine groups is 2. The van der Waals surface area contributed by atoms with Crippen molar-refractivity contribution in [1.82, 2.24) is 9.58 Å². The van der Waals surface area contributed by atoms with Crippen LogP contribution in [0.25, 0.3) is 11.8 Å². The molecule has 148 valence electrons. The molecule has 1 amide bonds. The number of carbonyl (C=O) groups excluding carboxylic acids is 1. The Balaban J connectivity index is 1.74. The van der Waals surface area contributed by atoms with Gasteiger partial charge in [0.2, 0.25) is 5.17 Å². The third-order valence-electron chi connectivity index (χ3n) is 4.57. The van der Waals surface area contributed by atoms with Gasteiger partial charge in [0, 0.05) is 11.4 Å². The van der Waals surface area contributed by atoms with E-state index in [0.29, 0.717) is 10.9 Å². The van der Waals surface area contributed by atoms with Gasteiger partial charge in [-0.1, -0.05) is 30.8 Å². The summed E-state index contributed by atoms with van der Waals surface area (Å²) in [4.78, 5) is 16.7. The van der Waals surface area contributed by atoms with E-state index in [2.05, 4.69) is 10.1 Å². The molecule has 0 unspecified atom stereocenters. The van der Waals surface area contributed by atoms with Crippen LogP contribution in [-0.4, -0.2) is 36.6 Å². The summed E-state index contributed by atoms with van der Waals surface area (Å²) in [5, 5.41) is 14.7. The van der Waals surface area contributed by atoms with Crippen LogP contribution in [0.1, 0.15) is 23.9 Å². The molecule has 1 aromatic heterocycles. The van der Waals surface area contributed by atoms with Crippen LogP contribution in [-0.2, 0) is 4.79 Å². The number of benzene rings is 1. The normalized spacial score (nSPS) is 17.7. The number of thioether (sulfide) groups is 2. The highest BCUT2D eigenvalue weighted by Crippen LogP contribution is 2.33. The summed E-state index contributed by atoms with van der Waals surface area (Å²) in [7, 11) is 0. The SMILES string of the molecule is CCSC1=NN2C(=N)/C(=C\c3cc(C)n(-c4ccccc4F)c3C)C(=O)N=C2S1. The Bertz CT molecular complexity index is 1130. The molecule has 0 spiro atoms. The molecule has 9 heteroatoms. The zero-order valence-electron chi connectivity index (χ0n) is 16.1. The monoisotopic (exact) mass is 427 g/mol. The molecular weight excluding hydrogens is 409 g/mol. The minimum atomic E-state index is -0.470. The van der Waals surface area contributed by atoms with Crippen LogP contribution in [0.15, 0.2) is 46.0 Å². The van der Waals surface area contributed by atoms with E-state index in [-0.39, 0.29) is 17.2 Å². The van der Waals surface area contributed by atoms with Crippen LogP contribution in [0.4, 0.5) is 4.39 Å². The minimum absolute atomic E-state index is 0.00472. The van der Waals surface area contributed by atoms with Crippen molar-refractivity contribution in [3.63, 3.8) is 0 Å². The van der Waals surface area contributed by atoms with Crippen molar-refractivity contribution in [2.45, 2.75) is 20.8 Å². The van der Waals surface area contributed by atoms with Gasteiger partial charge in [-0.15, -0.1) is 5.10 Å². The molecule has 29 heavy (non-hydrogen) atoms. The lowest BCUT2D eigenvalue weighted by atomic mass is 10.1. The molecule has 0 fully saturated rings. The number of hydrazone groups is 1. The fraction of sp³-hybridized carbons (Fsp3) is 0.200. The van der Waals surface area contributed by atoms with Gasteiger partial charge in [-0.25, -0.2) is 4.39 Å². The highest BCUT2D eigenvalue weighted by atomic mass is 32.2. The number of nitrogens with zero attached hydrogens (tertiary/aromatic N) is 4. The molecule has 0 radical (unpaired) electrons. The maximum Gasteiger partial charge on any atom is 0.283 e. The number of nitrogens with one attached hydrogen (secondary N) is 1. The number of carbonyl (C=O) groups is 1. The van der Waals surface area contributed by atoms with Crippen molar-refractivity contribution in [3.05, 3.63) is 58.7 Å². The Hall–Kier alpha value is -2.65. The van der Waals surface area contributed by atoms with E-state index in [1.807, 2.05) is 26.8 Å². The predicted molar refractivity (Wildman–Crippen MR) is 118 cm³/mol. The van der Waals surface area contributed by atoms with Gasteiger partial charge in [0.15, 0.2) is 10.2 Å². The predicted octanol–water partition coefficient (Wildman–Crippen LogP) is 4.56. The summed E-state index contributed by atoms with van der Waals surface area (Å²) < 4.78 is 16.9. The Morgan fingerprint density at radius 2 is 2.07 bits per heavy atom. The first-order valence-corrected chi connectivity index (χ1v) is 10.8. The number of hydrogen-bond acceptors (Lipinski definition) is 5. The van der Waals surface area contributed by atoms with Gasteiger partial charge in [0.1, 0.15) is 5.82 Å². The molecule has 1 N–H and O–H groups in total. The highest BCUT2D eigenvalue weighted by Gasteiger charge is 2.35. The third-order valence-corrected chi connectivity index (χ3v) is 6.49. The number of para-hydroxylation sites is 1. The van der Waals surface area contributed by atoms with Crippen molar-refractivity contribution >= 4 is 50.9 Å². The Labute approximate surface area is 176 Å². The molecule has 0 saturated carbocycles. The second-order valence-corrected chi connectivity index (χ2v) is 8.90. The molecule has 0 atom stereocenters. The maximum atomic E-state index is 14.3. The zero-order chi connectivity index (χ0) is 20.7. The second kappa shape index (κ2) is 7.64. The van der Waals surface area contributed by atoms with E-state index in [1.54, 1.807) is 40.6 Å². The lowest BCUT2D eigenvalue weighted by Crippen LogP contribution is -2.35. The van der Waals surface area contributed by atoms with Crippen molar-refractivity contribution < 1.29 is 9.18 Å². The summed E-state index contributed by atoms with van der Waals surface area (Å²) >= 11 is 2.84. The van der Waals surface area contributed by atoms with Crippen molar-refractivity contribution in [3.8, 4) is 5.69 Å². The first-order valence-electron chi connectivity index (χ1n) is 8.97. The van der Waals surface area contributed by atoms with E-state index in [9.17, 15) is 9.18 Å². The van der Waals surface area contributed by atoms with E-state index < -0.39 is 5.91 Å². The van der Waals surface area contributed by atoms with Crippen molar-refractivity contribution in [2.24, 2.45) is 10.1 Å². The lowest BCUT2D eigenvalue weighted by molar-refractivity contribution is -0.114. The van der Waals surface area contributed by atoms with Crippen LogP contribution >= 0.6 is 23.5 Å². The van der Waals surface area contributed by atoms with Gasteiger partial charge in [-0.05, 0) is 61.2 Å². The highest BCUT2D eigenvalue weighted by molar-refractivity contribution is 8.45. The number of aromatic nitrogens is 1. The molecule has 6 nitrogen and oxygen atoms in total. The van der Waals surface area contributed by atoms with Gasteiger partial charge < -0.3 is 4.57 Å². The molecule has 2 aliphatic heterocycles. The largest absolute Gasteiger partial charge is 0.315 e. The lowest BCUT2D eigenvalue weighted by Gasteiger charge is -2.20. The van der Waals surface area contributed by atoms with Crippen LogP contribution < -0.4 is 0 Å². The molecule has 3 heterocycles. The maximum absolute atomic E-state index is 14.3. The minimum Gasteiger partial charge on any atom is -0.315 e. The van der Waals surface area contributed by atoms with Gasteiger partial charge in [-0.3, -0.25) is 10.2 Å². The number of aryl methyl sites for hydroxylation is 1. The van der Waals surface area contributed by atoms with E-state index in [1.165, 1.54) is 22.8 Å². The van der Waals surface area contributed by atoms with Crippen LogP contribution in [0.5, 0.6) is 0 Å². The third kappa shape index (κ3) is 3.44. The van der Waals surface area contributed by atoms with E-state index >= 15 is 0 Å². The second-order valence-electron chi connectivity index (χ2n) is 6.43. The number of rotatable bonds is 3. The average Bonchev–Trinajstić information content (AvgIpc) is 3.20. The van der Waals surface area contributed by atoms with Gasteiger partial charge >= 0.3 is 0 Å². The van der Waals surface area contributed by atoms with Gasteiger partial charge in [0.05, 0.1) is 11.3 Å². The molecule has 0 aliphatic carbocycles. The molecule has 2 aromatic rings. The van der Waals surface area contributed by atoms with E-state index in [4.69, 9.17) is 5.41 Å². The summed E-state index contributed by atoms with van der Waals surface area (Å²) in [6.45, 7) is 5.75. The number of halogens is 1. The summed E-state index contributed by atoms with van der Waals surface area (Å²) in [5.74, 6) is 0.0461. The first kappa shape index (κ1) is 19.7. The molecule has 4 rings (SSSR count). The number of fused-ring (bicyclic) bond motifs is 1. The fourth-order valence-electron chi connectivity index (χ4n) is 3.25. The average molecular weight is 428 g/mol. The Morgan fingerprint density at radius 1 is 1.31 bits per heavy atom. The zero-order valence-corrected chi connectivity index (χ0v) is 17.7. The first-order chi connectivity index (χ1) is 13.9. The topological polar surface area (TPSA) is 73.8 Å². The van der Waals surface area contributed by atoms with Crippen molar-refractivity contribution in [1.29, 1.82) is 5.41 Å². The molecule has 0 bridgehead atoms. The number of hydrogen-bond donors (Lipinski definition) is 1. The number of aliphatic imine (C=N–C) groups is 1. The van der Waals surface area contributed by atoms with Crippen LogP contribution in [0.2, 0.25) is 0 Å². The Kier molecular flexibility index (Phi) is 5.18. The number of amides is 1. The smallest absolute Gasteiger partial charge is 0.283 e. The fourth-order valence-corrected chi connectivity index (χ4v) is 5.07. The summed E-state index contributed by atoms with van der Waals surface area (Å²) in [6, 6.07) is 8.42. The van der Waals surface area contributed by atoms with Gasteiger partial charge in [0.25, 0.3) is 5.91 Å². The molecule has 2 aliphatic rings. The quantitative estimate of drug-likeness (QED) is 0.729. The van der Waals surface area contributed by atoms with Crippen LogP contribution in [0, 0.1) is 25.1 Å².